The first kappa shape index (κ1) is 16.8. The van der Waals surface area contributed by atoms with Gasteiger partial charge in [0.25, 0.3) is 5.78 Å². The maximum absolute atomic E-state index is 11.6. The number of rotatable bonds is 9. The second-order valence-electron chi connectivity index (χ2n) is 4.72. The molecule has 0 unspecified atom stereocenters. The van der Waals surface area contributed by atoms with Crippen LogP contribution in [0.5, 0.6) is 0 Å². The molecular formula is C13H24NO4+. The number of quaternary nitrogens is 1. The van der Waals surface area contributed by atoms with E-state index in [4.69, 9.17) is 0 Å². The normalized spacial score (nSPS) is 11.3. The van der Waals surface area contributed by atoms with Crippen molar-refractivity contribution in [2.24, 2.45) is 0 Å². The average molecular weight is 258 g/mol. The molecule has 0 bridgehead atoms. The van der Waals surface area contributed by atoms with E-state index in [-0.39, 0.29) is 11.0 Å². The minimum atomic E-state index is -1.01. The smallest absolute Gasteiger partial charge is 0.435 e. The van der Waals surface area contributed by atoms with Crippen molar-refractivity contribution in [3.05, 3.63) is 0 Å². The molecule has 0 rings (SSSR count). The lowest BCUT2D eigenvalue weighted by atomic mass is 10.1. The molecule has 0 atom stereocenters. The largest absolute Gasteiger partial charge is 0.513 e. The molecule has 1 N–H and O–H groups in total. The molecule has 0 aliphatic rings. The van der Waals surface area contributed by atoms with E-state index >= 15 is 0 Å². The third-order valence-corrected chi connectivity index (χ3v) is 3.12. The van der Waals surface area contributed by atoms with Crippen molar-refractivity contribution in [2.45, 2.75) is 46.5 Å². The van der Waals surface area contributed by atoms with Crippen LogP contribution in [0.15, 0.2) is 0 Å². The van der Waals surface area contributed by atoms with Gasteiger partial charge in [0.1, 0.15) is 0 Å². The number of Topliss-reactive ketones (excluding diaryl/α,β-unsaturated/α-hetero) is 2. The number of hydrogen-bond acceptors (Lipinski definition) is 3. The van der Waals surface area contributed by atoms with Gasteiger partial charge in [-0.3, -0.25) is 9.59 Å². The van der Waals surface area contributed by atoms with Crippen LogP contribution in [0.25, 0.3) is 0 Å². The van der Waals surface area contributed by atoms with E-state index in [9.17, 15) is 19.5 Å². The van der Waals surface area contributed by atoms with Crippen LogP contribution in [0.3, 0.4) is 0 Å². The number of amides is 1. The molecular weight excluding hydrogens is 234 g/mol. The predicted octanol–water partition coefficient (Wildman–Crippen LogP) is 2.24. The topological polar surface area (TPSA) is 71.4 Å². The van der Waals surface area contributed by atoms with Crippen LogP contribution in [0.1, 0.15) is 46.5 Å². The number of carbonyl (C=O) groups is 3. The molecule has 18 heavy (non-hydrogen) atoms. The quantitative estimate of drug-likeness (QED) is 0.508. The van der Waals surface area contributed by atoms with Crippen molar-refractivity contribution >= 4 is 17.7 Å². The minimum absolute atomic E-state index is 0.218. The van der Waals surface area contributed by atoms with E-state index in [0.29, 0.717) is 13.1 Å². The molecule has 0 radical (unpaired) electrons. The molecule has 0 heterocycles. The summed E-state index contributed by atoms with van der Waals surface area (Å²) in [5.41, 5.74) is 0. The number of unbranched alkanes of at least 4 members (excludes halogenated alkanes) is 2. The van der Waals surface area contributed by atoms with Gasteiger partial charge in [-0.1, -0.05) is 26.7 Å². The molecule has 0 fully saturated rings. The van der Waals surface area contributed by atoms with Crippen molar-refractivity contribution in [1.82, 2.24) is 0 Å². The Bertz CT molecular complexity index is 304. The molecule has 0 aliphatic heterocycles. The number of ketones is 2. The SMILES string of the molecule is CCCC[N+](CCCC)(CC(=O)C(C)=O)C(=O)O. The van der Waals surface area contributed by atoms with E-state index in [1.54, 1.807) is 0 Å². The van der Waals surface area contributed by atoms with Gasteiger partial charge in [-0.15, -0.1) is 0 Å². The molecule has 0 aromatic carbocycles. The van der Waals surface area contributed by atoms with Gasteiger partial charge in [0.2, 0.25) is 5.78 Å². The standard InChI is InChI=1S/C13H23NO4/c1-4-6-8-14(13(17)18,9-7-5-2)10-12(16)11(3)15/h4-10H2,1-3H3/p+1. The van der Waals surface area contributed by atoms with Gasteiger partial charge in [0, 0.05) is 6.92 Å². The zero-order chi connectivity index (χ0) is 14.2. The Kier molecular flexibility index (Phi) is 7.43. The fourth-order valence-electron chi connectivity index (χ4n) is 1.84. The number of hydrogen-bond donors (Lipinski definition) is 1. The zero-order valence-corrected chi connectivity index (χ0v) is 11.6. The molecule has 0 spiro atoms. The fraction of sp³-hybridized carbons (Fsp3) is 0.769. The summed E-state index contributed by atoms with van der Waals surface area (Å²) in [7, 11) is 0. The van der Waals surface area contributed by atoms with E-state index in [2.05, 4.69) is 0 Å². The van der Waals surface area contributed by atoms with E-state index < -0.39 is 17.7 Å². The predicted molar refractivity (Wildman–Crippen MR) is 68.4 cm³/mol. The molecule has 0 aromatic rings. The third kappa shape index (κ3) is 4.96. The highest BCUT2D eigenvalue weighted by molar-refractivity contribution is 6.36. The Morgan fingerprint density at radius 2 is 1.44 bits per heavy atom. The van der Waals surface area contributed by atoms with Crippen molar-refractivity contribution < 1.29 is 24.0 Å². The second-order valence-corrected chi connectivity index (χ2v) is 4.72. The van der Waals surface area contributed by atoms with Gasteiger partial charge in [-0.05, 0) is 12.8 Å². The lowest BCUT2D eigenvalue weighted by Gasteiger charge is -2.31. The summed E-state index contributed by atoms with van der Waals surface area (Å²) in [6, 6.07) is 0. The summed E-state index contributed by atoms with van der Waals surface area (Å²) >= 11 is 0. The average Bonchev–Trinajstić information content (AvgIpc) is 2.32. The first-order chi connectivity index (χ1) is 8.39. The molecule has 0 saturated carbocycles. The monoisotopic (exact) mass is 258 g/mol. The van der Waals surface area contributed by atoms with Gasteiger partial charge >= 0.3 is 6.09 Å². The summed E-state index contributed by atoms with van der Waals surface area (Å²) in [5.74, 6) is -1.16. The molecule has 0 saturated heterocycles. The Labute approximate surface area is 108 Å². The molecule has 5 nitrogen and oxygen atoms in total. The zero-order valence-electron chi connectivity index (χ0n) is 11.6. The first-order valence-corrected chi connectivity index (χ1v) is 6.53. The molecule has 104 valence electrons. The van der Waals surface area contributed by atoms with Crippen LogP contribution >= 0.6 is 0 Å². The number of nitrogens with zero attached hydrogens (tertiary/aromatic N) is 1. The Morgan fingerprint density at radius 1 is 1.00 bits per heavy atom. The lowest BCUT2D eigenvalue weighted by Crippen LogP contribution is -2.56. The highest BCUT2D eigenvalue weighted by atomic mass is 16.4. The fourth-order valence-corrected chi connectivity index (χ4v) is 1.84. The van der Waals surface area contributed by atoms with Gasteiger partial charge in [0.15, 0.2) is 6.54 Å². The first-order valence-electron chi connectivity index (χ1n) is 6.53. The van der Waals surface area contributed by atoms with Crippen LogP contribution in [0.2, 0.25) is 0 Å². The summed E-state index contributed by atoms with van der Waals surface area (Å²) in [6.45, 7) is 5.74. The summed E-state index contributed by atoms with van der Waals surface area (Å²) in [6.07, 6.45) is 2.20. The Hall–Kier alpha value is -1.23. The van der Waals surface area contributed by atoms with Crippen LogP contribution in [-0.4, -0.2) is 46.9 Å². The van der Waals surface area contributed by atoms with Crippen molar-refractivity contribution in [3.63, 3.8) is 0 Å². The minimum Gasteiger partial charge on any atom is -0.435 e. The van der Waals surface area contributed by atoms with Gasteiger partial charge in [-0.2, -0.15) is 4.79 Å². The molecule has 0 aromatic heterocycles. The third-order valence-electron chi connectivity index (χ3n) is 3.12. The van der Waals surface area contributed by atoms with Crippen LogP contribution in [-0.2, 0) is 9.59 Å². The van der Waals surface area contributed by atoms with E-state index in [1.165, 1.54) is 6.92 Å². The van der Waals surface area contributed by atoms with Crippen molar-refractivity contribution in [2.75, 3.05) is 19.6 Å². The molecule has 1 amide bonds. The van der Waals surface area contributed by atoms with E-state index in [1.807, 2.05) is 13.8 Å². The van der Waals surface area contributed by atoms with Crippen LogP contribution in [0.4, 0.5) is 4.79 Å². The van der Waals surface area contributed by atoms with Gasteiger partial charge in [-0.25, -0.2) is 4.48 Å². The Morgan fingerprint density at radius 3 is 1.72 bits per heavy atom. The molecule has 0 aliphatic carbocycles. The van der Waals surface area contributed by atoms with Crippen LogP contribution in [0, 0.1) is 0 Å². The Balaban J connectivity index is 4.98. The van der Waals surface area contributed by atoms with Crippen LogP contribution < -0.4 is 0 Å². The van der Waals surface area contributed by atoms with Gasteiger partial charge < -0.3 is 5.11 Å². The highest BCUT2D eigenvalue weighted by Gasteiger charge is 2.38. The summed E-state index contributed by atoms with van der Waals surface area (Å²) in [4.78, 5) is 34.1. The maximum Gasteiger partial charge on any atom is 0.513 e. The molecule has 5 heteroatoms. The highest BCUT2D eigenvalue weighted by Crippen LogP contribution is 2.13. The van der Waals surface area contributed by atoms with Crippen molar-refractivity contribution in [1.29, 1.82) is 0 Å². The van der Waals surface area contributed by atoms with Gasteiger partial charge in [0.05, 0.1) is 13.1 Å². The van der Waals surface area contributed by atoms with E-state index in [0.717, 1.165) is 25.7 Å². The number of carbonyl (C=O) groups excluding carboxylic acids is 2. The second kappa shape index (κ2) is 7.97. The summed E-state index contributed by atoms with van der Waals surface area (Å²) < 4.78 is -0.305. The van der Waals surface area contributed by atoms with Crippen molar-refractivity contribution in [3.8, 4) is 0 Å². The maximum atomic E-state index is 11.6. The number of carboxylic acid groups (broad SMARTS) is 1. The summed E-state index contributed by atoms with van der Waals surface area (Å²) in [5, 5.41) is 9.42. The lowest BCUT2D eigenvalue weighted by molar-refractivity contribution is -0.849.